The van der Waals surface area contributed by atoms with E-state index in [1.54, 1.807) is 0 Å². The fourth-order valence-electron chi connectivity index (χ4n) is 1.76. The van der Waals surface area contributed by atoms with Gasteiger partial charge in [0.15, 0.2) is 5.82 Å². The molecule has 0 bridgehead atoms. The van der Waals surface area contributed by atoms with Crippen LogP contribution in [-0.4, -0.2) is 26.8 Å². The molecule has 0 unspecified atom stereocenters. The Morgan fingerprint density at radius 2 is 2.10 bits per heavy atom. The predicted octanol–water partition coefficient (Wildman–Crippen LogP) is 2.83. The van der Waals surface area contributed by atoms with E-state index < -0.39 is 11.7 Å². The molecule has 0 fully saturated rings. The van der Waals surface area contributed by atoms with Crippen LogP contribution in [0.2, 0.25) is 5.02 Å². The van der Waals surface area contributed by atoms with Crippen molar-refractivity contribution in [1.29, 1.82) is 0 Å². The second-order valence-corrected chi connectivity index (χ2v) is 4.75. The Hall–Kier alpha value is -1.67. The molecular formula is C12H13ClF3N5. The summed E-state index contributed by atoms with van der Waals surface area (Å²) in [5.41, 5.74) is -0.699. The Balaban J connectivity index is 2.33. The number of hydrogen-bond donors (Lipinski definition) is 1. The number of benzene rings is 1. The third-order valence-corrected chi connectivity index (χ3v) is 3.07. The molecule has 0 aliphatic carbocycles. The molecule has 1 heterocycles. The van der Waals surface area contributed by atoms with Crippen molar-refractivity contribution in [3.8, 4) is 5.69 Å². The van der Waals surface area contributed by atoms with E-state index in [1.165, 1.54) is 16.8 Å². The minimum absolute atomic E-state index is 0.213. The molecule has 0 amide bonds. The number of nitrogens with zero attached hydrogens (tertiary/aromatic N) is 4. The van der Waals surface area contributed by atoms with Crippen LogP contribution in [0, 0.1) is 0 Å². The van der Waals surface area contributed by atoms with E-state index in [-0.39, 0.29) is 10.7 Å². The second-order valence-electron chi connectivity index (χ2n) is 4.35. The summed E-state index contributed by atoms with van der Waals surface area (Å²) >= 11 is 5.59. The Morgan fingerprint density at radius 3 is 2.76 bits per heavy atom. The van der Waals surface area contributed by atoms with E-state index in [0.29, 0.717) is 12.4 Å². The molecule has 0 atom stereocenters. The smallest absolute Gasteiger partial charge is 0.310 e. The summed E-state index contributed by atoms with van der Waals surface area (Å²) in [7, 11) is 0. The van der Waals surface area contributed by atoms with Gasteiger partial charge < -0.3 is 5.32 Å². The molecule has 0 aliphatic rings. The minimum atomic E-state index is -4.53. The van der Waals surface area contributed by atoms with Crippen molar-refractivity contribution >= 4 is 11.6 Å². The van der Waals surface area contributed by atoms with Gasteiger partial charge in [0.25, 0.3) is 0 Å². The molecule has 114 valence electrons. The molecule has 21 heavy (non-hydrogen) atoms. The van der Waals surface area contributed by atoms with Crippen LogP contribution in [0.3, 0.4) is 0 Å². The van der Waals surface area contributed by atoms with Crippen molar-refractivity contribution in [2.45, 2.75) is 26.1 Å². The molecule has 9 heteroatoms. The van der Waals surface area contributed by atoms with Crippen LogP contribution in [0.4, 0.5) is 13.2 Å². The maximum absolute atomic E-state index is 12.9. The summed E-state index contributed by atoms with van der Waals surface area (Å²) in [4.78, 5) is 0. The first-order chi connectivity index (χ1) is 9.93. The van der Waals surface area contributed by atoms with Gasteiger partial charge in [-0.25, -0.2) is 0 Å². The number of rotatable bonds is 5. The molecule has 0 saturated carbocycles. The Kier molecular flexibility index (Phi) is 4.79. The molecule has 2 rings (SSSR count). The van der Waals surface area contributed by atoms with Crippen LogP contribution in [0.15, 0.2) is 18.2 Å². The highest BCUT2D eigenvalue weighted by molar-refractivity contribution is 6.31. The van der Waals surface area contributed by atoms with Gasteiger partial charge in [-0.1, -0.05) is 18.5 Å². The molecule has 5 nitrogen and oxygen atoms in total. The van der Waals surface area contributed by atoms with Gasteiger partial charge >= 0.3 is 6.18 Å². The van der Waals surface area contributed by atoms with Gasteiger partial charge in [-0.2, -0.15) is 17.9 Å². The van der Waals surface area contributed by atoms with Crippen LogP contribution >= 0.6 is 11.6 Å². The van der Waals surface area contributed by atoms with Crippen molar-refractivity contribution in [2.24, 2.45) is 0 Å². The van der Waals surface area contributed by atoms with Gasteiger partial charge in [-0.05, 0) is 41.6 Å². The molecule has 1 aromatic carbocycles. The number of aromatic nitrogens is 4. The summed E-state index contributed by atoms with van der Waals surface area (Å²) in [6.07, 6.45) is -3.59. The molecule has 0 spiro atoms. The molecule has 1 aromatic heterocycles. The molecule has 0 aliphatic heterocycles. The van der Waals surface area contributed by atoms with Gasteiger partial charge in [-0.3, -0.25) is 0 Å². The molecule has 2 aromatic rings. The lowest BCUT2D eigenvalue weighted by molar-refractivity contribution is -0.137. The lowest BCUT2D eigenvalue weighted by Crippen LogP contribution is -2.18. The molecular weight excluding hydrogens is 307 g/mol. The van der Waals surface area contributed by atoms with Crippen molar-refractivity contribution < 1.29 is 13.2 Å². The van der Waals surface area contributed by atoms with Crippen molar-refractivity contribution in [2.75, 3.05) is 6.54 Å². The minimum Gasteiger partial charge on any atom is -0.310 e. The van der Waals surface area contributed by atoms with Crippen LogP contribution in [0.5, 0.6) is 0 Å². The summed E-state index contributed by atoms with van der Waals surface area (Å²) < 4.78 is 39.8. The lowest BCUT2D eigenvalue weighted by Gasteiger charge is -2.11. The van der Waals surface area contributed by atoms with Gasteiger partial charge in [-0.15, -0.1) is 5.10 Å². The molecule has 0 radical (unpaired) electrons. The van der Waals surface area contributed by atoms with Crippen LogP contribution in [-0.2, 0) is 12.7 Å². The van der Waals surface area contributed by atoms with E-state index in [0.717, 1.165) is 19.0 Å². The number of nitrogens with one attached hydrogen (secondary N) is 1. The van der Waals surface area contributed by atoms with Gasteiger partial charge in [0.2, 0.25) is 0 Å². The van der Waals surface area contributed by atoms with Crippen molar-refractivity contribution in [3.05, 3.63) is 34.6 Å². The zero-order valence-corrected chi connectivity index (χ0v) is 11.9. The normalized spacial score (nSPS) is 11.9. The second kappa shape index (κ2) is 6.40. The average Bonchev–Trinajstić information content (AvgIpc) is 2.87. The largest absolute Gasteiger partial charge is 0.417 e. The molecule has 1 N–H and O–H groups in total. The fraction of sp³-hybridized carbons (Fsp3) is 0.417. The average molecular weight is 320 g/mol. The van der Waals surface area contributed by atoms with E-state index in [9.17, 15) is 13.2 Å². The number of alkyl halides is 3. The van der Waals surface area contributed by atoms with Crippen LogP contribution in [0.1, 0.15) is 24.7 Å². The third-order valence-electron chi connectivity index (χ3n) is 2.74. The summed E-state index contributed by atoms with van der Waals surface area (Å²) in [5.74, 6) is 0.430. The lowest BCUT2D eigenvalue weighted by atomic mass is 10.2. The standard InChI is InChI=1S/C12H13ClF3N5/c1-2-5-17-7-11-18-19-20-21(11)8-3-4-10(13)9(6-8)12(14,15)16/h3-4,6,17H,2,5,7H2,1H3. The highest BCUT2D eigenvalue weighted by Gasteiger charge is 2.33. The third kappa shape index (κ3) is 3.70. The quantitative estimate of drug-likeness (QED) is 0.861. The fourth-order valence-corrected chi connectivity index (χ4v) is 1.98. The first kappa shape index (κ1) is 15.7. The topological polar surface area (TPSA) is 55.6 Å². The summed E-state index contributed by atoms with van der Waals surface area (Å²) in [6.45, 7) is 3.14. The maximum Gasteiger partial charge on any atom is 0.417 e. The predicted molar refractivity (Wildman–Crippen MR) is 71.2 cm³/mol. The number of tetrazole rings is 1. The van der Waals surface area contributed by atoms with E-state index in [2.05, 4.69) is 20.8 Å². The maximum atomic E-state index is 12.9. The van der Waals surface area contributed by atoms with Crippen LogP contribution in [0.25, 0.3) is 5.69 Å². The van der Waals surface area contributed by atoms with E-state index in [4.69, 9.17) is 11.6 Å². The summed E-state index contributed by atoms with van der Waals surface area (Å²) in [6, 6.07) is 3.56. The van der Waals surface area contributed by atoms with E-state index in [1.807, 2.05) is 6.92 Å². The van der Waals surface area contributed by atoms with Gasteiger partial charge in [0, 0.05) is 0 Å². The number of halogens is 4. The highest BCUT2D eigenvalue weighted by Crippen LogP contribution is 2.35. The zero-order chi connectivity index (χ0) is 15.5. The SMILES string of the molecule is CCCNCc1nnnn1-c1ccc(Cl)c(C(F)(F)F)c1. The zero-order valence-electron chi connectivity index (χ0n) is 11.2. The van der Waals surface area contributed by atoms with Gasteiger partial charge in [0.05, 0.1) is 22.8 Å². The van der Waals surface area contributed by atoms with Gasteiger partial charge in [0.1, 0.15) is 0 Å². The van der Waals surface area contributed by atoms with E-state index >= 15 is 0 Å². The Labute approximate surface area is 124 Å². The first-order valence-corrected chi connectivity index (χ1v) is 6.66. The van der Waals surface area contributed by atoms with Crippen molar-refractivity contribution in [1.82, 2.24) is 25.5 Å². The monoisotopic (exact) mass is 319 g/mol. The summed E-state index contributed by atoms with van der Waals surface area (Å²) in [5, 5.41) is 13.8. The number of hydrogen-bond acceptors (Lipinski definition) is 4. The first-order valence-electron chi connectivity index (χ1n) is 6.28. The van der Waals surface area contributed by atoms with Crippen LogP contribution < -0.4 is 5.32 Å². The Bertz CT molecular complexity index is 611. The highest BCUT2D eigenvalue weighted by atomic mass is 35.5. The Morgan fingerprint density at radius 1 is 1.33 bits per heavy atom. The van der Waals surface area contributed by atoms with Crippen molar-refractivity contribution in [3.63, 3.8) is 0 Å². The molecule has 0 saturated heterocycles.